The lowest BCUT2D eigenvalue weighted by molar-refractivity contribution is 0.102. The molecule has 3 rings (SSSR count). The summed E-state index contributed by atoms with van der Waals surface area (Å²) in [6, 6.07) is 18.9. The number of hydrogen-bond donors (Lipinski definition) is 1. The summed E-state index contributed by atoms with van der Waals surface area (Å²) in [6.45, 7) is 4.66. The number of carbonyl (C=O) groups is 1. The Morgan fingerprint density at radius 2 is 1.96 bits per heavy atom. The van der Waals surface area contributed by atoms with Crippen molar-refractivity contribution in [3.63, 3.8) is 0 Å². The Bertz CT molecular complexity index is 898. The summed E-state index contributed by atoms with van der Waals surface area (Å²) in [7, 11) is 0. The van der Waals surface area contributed by atoms with Crippen molar-refractivity contribution in [1.29, 1.82) is 0 Å². The molecule has 0 fully saturated rings. The van der Waals surface area contributed by atoms with Crippen LogP contribution in [0.4, 0.5) is 5.69 Å². The molecule has 0 atom stereocenters. The van der Waals surface area contributed by atoms with E-state index < -0.39 is 0 Å². The number of amides is 1. The maximum atomic E-state index is 12.7. The number of nitrogens with zero attached hydrogens (tertiary/aromatic N) is 1. The van der Waals surface area contributed by atoms with E-state index in [1.54, 1.807) is 24.2 Å². The van der Waals surface area contributed by atoms with Crippen LogP contribution in [0.5, 0.6) is 5.75 Å². The maximum absolute atomic E-state index is 12.7. The van der Waals surface area contributed by atoms with E-state index in [2.05, 4.69) is 24.1 Å². The van der Waals surface area contributed by atoms with Crippen LogP contribution in [-0.4, -0.2) is 16.1 Å². The third-order valence-corrected chi connectivity index (χ3v) is 4.80. The van der Waals surface area contributed by atoms with E-state index in [1.165, 1.54) is 0 Å². The molecule has 5 heteroatoms. The van der Waals surface area contributed by atoms with Crippen LogP contribution in [0.1, 0.15) is 29.8 Å². The van der Waals surface area contributed by atoms with Gasteiger partial charge in [-0.25, -0.2) is 0 Å². The molecule has 0 saturated heterocycles. The average Bonchev–Trinajstić information content (AvgIpc) is 2.67. The molecular formula is C22H22N2O2S. The second-order valence-electron chi connectivity index (χ2n) is 6.29. The van der Waals surface area contributed by atoms with Crippen LogP contribution in [0, 0.1) is 0 Å². The fraction of sp³-hybridized carbons (Fsp3) is 0.182. The van der Waals surface area contributed by atoms with Gasteiger partial charge in [0, 0.05) is 39.9 Å². The molecule has 138 valence electrons. The Balaban J connectivity index is 1.68. The van der Waals surface area contributed by atoms with Gasteiger partial charge in [-0.05, 0) is 30.3 Å². The third kappa shape index (κ3) is 5.59. The van der Waals surface area contributed by atoms with Crippen molar-refractivity contribution in [3.8, 4) is 5.75 Å². The van der Waals surface area contributed by atoms with E-state index in [9.17, 15) is 4.79 Å². The second kappa shape index (κ2) is 9.24. The zero-order chi connectivity index (χ0) is 19.1. The van der Waals surface area contributed by atoms with Gasteiger partial charge in [-0.15, -0.1) is 11.8 Å². The second-order valence-corrected chi connectivity index (χ2v) is 7.91. The van der Waals surface area contributed by atoms with E-state index in [0.29, 0.717) is 28.9 Å². The molecule has 4 nitrogen and oxygen atoms in total. The molecule has 3 aromatic rings. The van der Waals surface area contributed by atoms with Gasteiger partial charge in [-0.1, -0.05) is 38.1 Å². The summed E-state index contributed by atoms with van der Waals surface area (Å²) in [4.78, 5) is 17.8. The molecule has 0 unspecified atom stereocenters. The third-order valence-electron chi connectivity index (χ3n) is 3.71. The number of ether oxygens (including phenoxy) is 1. The Morgan fingerprint density at radius 3 is 2.74 bits per heavy atom. The van der Waals surface area contributed by atoms with Gasteiger partial charge in [0.05, 0.1) is 5.56 Å². The van der Waals surface area contributed by atoms with E-state index >= 15 is 0 Å². The first-order valence-corrected chi connectivity index (χ1v) is 9.68. The zero-order valence-corrected chi connectivity index (χ0v) is 16.2. The molecule has 1 amide bonds. The molecule has 0 spiro atoms. The Morgan fingerprint density at radius 1 is 1.11 bits per heavy atom. The number of pyridine rings is 1. The predicted octanol–water partition coefficient (Wildman–Crippen LogP) is 5.41. The molecule has 0 aliphatic heterocycles. The van der Waals surface area contributed by atoms with Gasteiger partial charge in [0.1, 0.15) is 12.4 Å². The minimum Gasteiger partial charge on any atom is -0.489 e. The molecule has 0 bridgehead atoms. The standard InChI is InChI=1S/C22H22N2O2S/c1-16(2)27-21-11-4-3-10-20(21)22(25)24-18-8-5-9-19(13-18)26-15-17-7-6-12-23-14-17/h3-14,16H,15H2,1-2H3,(H,24,25). The number of nitrogens with one attached hydrogen (secondary N) is 1. The van der Waals surface area contributed by atoms with Crippen LogP contribution in [-0.2, 0) is 6.61 Å². The Kier molecular flexibility index (Phi) is 6.49. The van der Waals surface area contributed by atoms with Crippen LogP contribution in [0.2, 0.25) is 0 Å². The molecule has 1 N–H and O–H groups in total. The summed E-state index contributed by atoms with van der Waals surface area (Å²) >= 11 is 1.68. The van der Waals surface area contributed by atoms with Crippen LogP contribution in [0.3, 0.4) is 0 Å². The highest BCUT2D eigenvalue weighted by molar-refractivity contribution is 8.00. The first-order valence-electron chi connectivity index (χ1n) is 8.80. The zero-order valence-electron chi connectivity index (χ0n) is 15.4. The van der Waals surface area contributed by atoms with Gasteiger partial charge in [-0.2, -0.15) is 0 Å². The lowest BCUT2D eigenvalue weighted by Crippen LogP contribution is -2.13. The summed E-state index contributed by atoms with van der Waals surface area (Å²) in [5.74, 6) is 0.574. The van der Waals surface area contributed by atoms with Gasteiger partial charge in [-0.3, -0.25) is 9.78 Å². The fourth-order valence-electron chi connectivity index (χ4n) is 2.52. The van der Waals surface area contributed by atoms with E-state index in [0.717, 1.165) is 10.5 Å². The van der Waals surface area contributed by atoms with Gasteiger partial charge in [0.25, 0.3) is 5.91 Å². The quantitative estimate of drug-likeness (QED) is 0.558. The minimum absolute atomic E-state index is 0.122. The van der Waals surface area contributed by atoms with Crippen molar-refractivity contribution >= 4 is 23.4 Å². The highest BCUT2D eigenvalue weighted by Gasteiger charge is 2.13. The molecule has 0 saturated carbocycles. The topological polar surface area (TPSA) is 51.2 Å². The predicted molar refractivity (Wildman–Crippen MR) is 110 cm³/mol. The van der Waals surface area contributed by atoms with Crippen molar-refractivity contribution < 1.29 is 9.53 Å². The molecule has 27 heavy (non-hydrogen) atoms. The number of rotatable bonds is 7. The monoisotopic (exact) mass is 378 g/mol. The molecule has 0 aliphatic rings. The number of hydrogen-bond acceptors (Lipinski definition) is 4. The maximum Gasteiger partial charge on any atom is 0.256 e. The summed E-state index contributed by atoms with van der Waals surface area (Å²) in [5, 5.41) is 3.37. The molecule has 0 radical (unpaired) electrons. The minimum atomic E-state index is -0.122. The highest BCUT2D eigenvalue weighted by atomic mass is 32.2. The smallest absolute Gasteiger partial charge is 0.256 e. The van der Waals surface area contributed by atoms with Crippen molar-refractivity contribution in [2.24, 2.45) is 0 Å². The lowest BCUT2D eigenvalue weighted by Gasteiger charge is -2.12. The Labute approximate surface area is 164 Å². The summed E-state index contributed by atoms with van der Waals surface area (Å²) in [6.07, 6.45) is 3.50. The lowest BCUT2D eigenvalue weighted by atomic mass is 10.2. The average molecular weight is 378 g/mol. The molecule has 2 aromatic carbocycles. The molecule has 0 aliphatic carbocycles. The van der Waals surface area contributed by atoms with Crippen LogP contribution in [0.25, 0.3) is 0 Å². The molecular weight excluding hydrogens is 356 g/mol. The van der Waals surface area contributed by atoms with Crippen LogP contribution in [0.15, 0.2) is 78.0 Å². The molecule has 1 aromatic heterocycles. The van der Waals surface area contributed by atoms with E-state index in [1.807, 2.05) is 60.7 Å². The van der Waals surface area contributed by atoms with Crippen molar-refractivity contribution in [2.75, 3.05) is 5.32 Å². The normalized spacial score (nSPS) is 10.6. The van der Waals surface area contributed by atoms with Crippen LogP contribution < -0.4 is 10.1 Å². The summed E-state index contributed by atoms with van der Waals surface area (Å²) < 4.78 is 5.80. The number of aromatic nitrogens is 1. The Hall–Kier alpha value is -2.79. The van der Waals surface area contributed by atoms with Crippen molar-refractivity contribution in [2.45, 2.75) is 30.6 Å². The highest BCUT2D eigenvalue weighted by Crippen LogP contribution is 2.27. The number of thioether (sulfide) groups is 1. The molecule has 1 heterocycles. The van der Waals surface area contributed by atoms with Crippen molar-refractivity contribution in [1.82, 2.24) is 4.98 Å². The summed E-state index contributed by atoms with van der Waals surface area (Å²) in [5.41, 5.74) is 2.37. The number of benzene rings is 2. The van der Waals surface area contributed by atoms with Gasteiger partial charge in [0.2, 0.25) is 0 Å². The van der Waals surface area contributed by atoms with Crippen molar-refractivity contribution in [3.05, 3.63) is 84.2 Å². The van der Waals surface area contributed by atoms with Gasteiger partial charge >= 0.3 is 0 Å². The van der Waals surface area contributed by atoms with Gasteiger partial charge < -0.3 is 10.1 Å². The largest absolute Gasteiger partial charge is 0.489 e. The first-order chi connectivity index (χ1) is 13.1. The SMILES string of the molecule is CC(C)Sc1ccccc1C(=O)Nc1cccc(OCc2cccnc2)c1. The first kappa shape index (κ1) is 19.0. The number of anilines is 1. The van der Waals surface area contributed by atoms with E-state index in [4.69, 9.17) is 4.74 Å². The fourth-order valence-corrected chi connectivity index (χ4v) is 3.48. The van der Waals surface area contributed by atoms with E-state index in [-0.39, 0.29) is 5.91 Å². The number of carbonyl (C=O) groups excluding carboxylic acids is 1. The van der Waals surface area contributed by atoms with Gasteiger partial charge in [0.15, 0.2) is 0 Å². The van der Waals surface area contributed by atoms with Crippen LogP contribution >= 0.6 is 11.8 Å².